The molecular formula is C20H23N2O2+. The molecule has 1 aliphatic heterocycles. The van der Waals surface area contributed by atoms with Crippen LogP contribution in [0.2, 0.25) is 0 Å². The summed E-state index contributed by atoms with van der Waals surface area (Å²) in [6.07, 6.45) is 1.01. The average Bonchev–Trinajstić information content (AvgIpc) is 2.61. The summed E-state index contributed by atoms with van der Waals surface area (Å²) in [6, 6.07) is 15.4. The highest BCUT2D eigenvalue weighted by atomic mass is 16.2. The molecule has 2 atom stereocenters. The van der Waals surface area contributed by atoms with Crippen LogP contribution < -0.4 is 10.2 Å². The Morgan fingerprint density at radius 1 is 1.04 bits per heavy atom. The topological polar surface area (TPSA) is 50.6 Å². The van der Waals surface area contributed by atoms with Crippen molar-refractivity contribution in [2.75, 3.05) is 11.9 Å². The highest BCUT2D eigenvalue weighted by Crippen LogP contribution is 2.12. The molecule has 1 heterocycles. The van der Waals surface area contributed by atoms with Gasteiger partial charge in [0.05, 0.1) is 6.54 Å². The van der Waals surface area contributed by atoms with Crippen LogP contribution in [0.25, 0.3) is 0 Å². The number of benzene rings is 2. The van der Waals surface area contributed by atoms with Crippen molar-refractivity contribution in [2.45, 2.75) is 32.9 Å². The zero-order chi connectivity index (χ0) is 17.1. The van der Waals surface area contributed by atoms with Crippen LogP contribution in [-0.2, 0) is 17.8 Å². The molecule has 0 fully saturated rings. The molecule has 0 saturated carbocycles. The standard InChI is InChI=1S/C20H22N2O2/c1-14(22-12-11-17-5-3-4-6-18(17)13-22)20(24)21-19-9-7-16(8-10-19)15(2)23/h3-10,14H,11-13H2,1-2H3,(H,21,24)/p+1/t14-/m1/s1. The number of anilines is 1. The van der Waals surface area contributed by atoms with Gasteiger partial charge in [-0.15, -0.1) is 0 Å². The van der Waals surface area contributed by atoms with E-state index in [1.807, 2.05) is 6.92 Å². The zero-order valence-corrected chi connectivity index (χ0v) is 14.1. The molecule has 3 rings (SSSR count). The van der Waals surface area contributed by atoms with Crippen LogP contribution >= 0.6 is 0 Å². The third-order valence-corrected chi connectivity index (χ3v) is 4.82. The number of hydrogen-bond donors (Lipinski definition) is 2. The molecule has 0 spiro atoms. The number of amides is 1. The van der Waals surface area contributed by atoms with Crippen LogP contribution in [0.5, 0.6) is 0 Å². The van der Waals surface area contributed by atoms with Gasteiger partial charge >= 0.3 is 0 Å². The number of rotatable bonds is 4. The summed E-state index contributed by atoms with van der Waals surface area (Å²) in [6.45, 7) is 5.36. The third kappa shape index (κ3) is 3.54. The number of hydrogen-bond acceptors (Lipinski definition) is 2. The zero-order valence-electron chi connectivity index (χ0n) is 14.1. The molecule has 2 N–H and O–H groups in total. The van der Waals surface area contributed by atoms with Crippen LogP contribution in [0.1, 0.15) is 35.3 Å². The molecule has 24 heavy (non-hydrogen) atoms. The lowest BCUT2D eigenvalue weighted by Crippen LogP contribution is -3.16. The highest BCUT2D eigenvalue weighted by Gasteiger charge is 2.28. The fourth-order valence-electron chi connectivity index (χ4n) is 3.20. The van der Waals surface area contributed by atoms with Crippen LogP contribution in [-0.4, -0.2) is 24.3 Å². The lowest BCUT2D eigenvalue weighted by atomic mass is 9.99. The lowest BCUT2D eigenvalue weighted by Gasteiger charge is -2.30. The van der Waals surface area contributed by atoms with Crippen molar-refractivity contribution in [2.24, 2.45) is 0 Å². The molecule has 1 amide bonds. The highest BCUT2D eigenvalue weighted by molar-refractivity contribution is 5.96. The van der Waals surface area contributed by atoms with Gasteiger partial charge in [0.2, 0.25) is 0 Å². The van der Waals surface area contributed by atoms with E-state index in [1.165, 1.54) is 23.0 Å². The normalized spacial score (nSPS) is 17.7. The Kier molecular flexibility index (Phi) is 4.76. The molecule has 1 aliphatic rings. The summed E-state index contributed by atoms with van der Waals surface area (Å²) in [5, 5.41) is 2.96. The molecule has 0 bridgehead atoms. The number of carbonyl (C=O) groups is 2. The van der Waals surface area contributed by atoms with Crippen molar-refractivity contribution in [3.05, 3.63) is 65.2 Å². The number of nitrogens with one attached hydrogen (secondary N) is 2. The van der Waals surface area contributed by atoms with Gasteiger partial charge in [-0.05, 0) is 43.7 Å². The van der Waals surface area contributed by atoms with E-state index >= 15 is 0 Å². The van der Waals surface area contributed by atoms with Crippen molar-refractivity contribution in [1.82, 2.24) is 0 Å². The Morgan fingerprint density at radius 3 is 2.38 bits per heavy atom. The van der Waals surface area contributed by atoms with Gasteiger partial charge in [-0.1, -0.05) is 24.3 Å². The number of ketones is 1. The van der Waals surface area contributed by atoms with Crippen molar-refractivity contribution in [3.63, 3.8) is 0 Å². The summed E-state index contributed by atoms with van der Waals surface area (Å²) in [5.74, 6) is 0.0395. The monoisotopic (exact) mass is 323 g/mol. The molecular weight excluding hydrogens is 300 g/mol. The maximum absolute atomic E-state index is 12.5. The molecule has 1 unspecified atom stereocenters. The van der Waals surface area contributed by atoms with Gasteiger partial charge in [-0.3, -0.25) is 9.59 Å². The van der Waals surface area contributed by atoms with Crippen molar-refractivity contribution < 1.29 is 14.5 Å². The average molecular weight is 323 g/mol. The Hall–Kier alpha value is -2.46. The van der Waals surface area contributed by atoms with E-state index < -0.39 is 0 Å². The van der Waals surface area contributed by atoms with E-state index in [2.05, 4.69) is 29.6 Å². The number of carbonyl (C=O) groups excluding carboxylic acids is 2. The molecule has 124 valence electrons. The Morgan fingerprint density at radius 2 is 1.71 bits per heavy atom. The largest absolute Gasteiger partial charge is 0.321 e. The molecule has 0 aromatic heterocycles. The minimum atomic E-state index is -0.120. The molecule has 2 aromatic carbocycles. The second-order valence-electron chi connectivity index (χ2n) is 6.45. The first-order valence-corrected chi connectivity index (χ1v) is 8.38. The minimum Gasteiger partial charge on any atom is -0.321 e. The minimum absolute atomic E-state index is 0.0138. The smallest absolute Gasteiger partial charge is 0.282 e. The molecule has 2 aromatic rings. The summed E-state index contributed by atoms with van der Waals surface area (Å²) < 4.78 is 0. The van der Waals surface area contributed by atoms with E-state index in [9.17, 15) is 9.59 Å². The summed E-state index contributed by atoms with van der Waals surface area (Å²) >= 11 is 0. The molecule has 4 heteroatoms. The van der Waals surface area contributed by atoms with Gasteiger partial charge in [0.25, 0.3) is 5.91 Å². The van der Waals surface area contributed by atoms with Crippen molar-refractivity contribution in [1.29, 1.82) is 0 Å². The molecule has 4 nitrogen and oxygen atoms in total. The SMILES string of the molecule is CC(=O)c1ccc(NC(=O)[C@@H](C)[NH+]2CCc3ccccc3C2)cc1. The van der Waals surface area contributed by atoms with Gasteiger partial charge in [0, 0.05) is 23.2 Å². The fourth-order valence-corrected chi connectivity index (χ4v) is 3.20. The second-order valence-corrected chi connectivity index (χ2v) is 6.45. The van der Waals surface area contributed by atoms with E-state index in [0.29, 0.717) is 5.56 Å². The first kappa shape index (κ1) is 16.4. The van der Waals surface area contributed by atoms with Crippen LogP contribution in [0.4, 0.5) is 5.69 Å². The number of fused-ring (bicyclic) bond motifs is 1. The Labute approximate surface area is 142 Å². The van der Waals surface area contributed by atoms with Gasteiger partial charge < -0.3 is 10.2 Å². The predicted molar refractivity (Wildman–Crippen MR) is 94.2 cm³/mol. The van der Waals surface area contributed by atoms with Crippen LogP contribution in [0.15, 0.2) is 48.5 Å². The summed E-state index contributed by atoms with van der Waals surface area (Å²) in [4.78, 5) is 25.1. The van der Waals surface area contributed by atoms with E-state index in [4.69, 9.17) is 0 Å². The molecule has 0 saturated heterocycles. The van der Waals surface area contributed by atoms with Gasteiger partial charge in [-0.2, -0.15) is 0 Å². The first-order valence-electron chi connectivity index (χ1n) is 8.38. The van der Waals surface area contributed by atoms with Gasteiger partial charge in [0.1, 0.15) is 6.54 Å². The number of quaternary nitrogens is 1. The molecule has 0 radical (unpaired) electrons. The lowest BCUT2D eigenvalue weighted by molar-refractivity contribution is -0.929. The summed E-state index contributed by atoms with van der Waals surface area (Å²) in [5.41, 5.74) is 4.12. The third-order valence-electron chi connectivity index (χ3n) is 4.82. The van der Waals surface area contributed by atoms with Gasteiger partial charge in [-0.25, -0.2) is 0 Å². The van der Waals surface area contributed by atoms with Gasteiger partial charge in [0.15, 0.2) is 11.8 Å². The summed E-state index contributed by atoms with van der Waals surface area (Å²) in [7, 11) is 0. The predicted octanol–water partition coefficient (Wildman–Crippen LogP) is 1.86. The van der Waals surface area contributed by atoms with E-state index in [1.54, 1.807) is 24.3 Å². The second kappa shape index (κ2) is 6.97. The van der Waals surface area contributed by atoms with Crippen molar-refractivity contribution >= 4 is 17.4 Å². The molecule has 0 aliphatic carbocycles. The van der Waals surface area contributed by atoms with Crippen molar-refractivity contribution in [3.8, 4) is 0 Å². The van der Waals surface area contributed by atoms with Crippen LogP contribution in [0, 0.1) is 0 Å². The Bertz CT molecular complexity index is 752. The van der Waals surface area contributed by atoms with E-state index in [-0.39, 0.29) is 17.7 Å². The Balaban J connectivity index is 1.64. The quantitative estimate of drug-likeness (QED) is 0.844. The van der Waals surface area contributed by atoms with E-state index in [0.717, 1.165) is 25.2 Å². The fraction of sp³-hybridized carbons (Fsp3) is 0.300. The number of Topliss-reactive ketones (excluding diaryl/α,β-unsaturated/α-hetero) is 1. The maximum atomic E-state index is 12.5. The maximum Gasteiger partial charge on any atom is 0.282 e. The van der Waals surface area contributed by atoms with Crippen LogP contribution in [0.3, 0.4) is 0 Å². The first-order chi connectivity index (χ1) is 11.5.